The van der Waals surface area contributed by atoms with Crippen LogP contribution in [0.25, 0.3) is 11.0 Å². The monoisotopic (exact) mass is 308 g/mol. The van der Waals surface area contributed by atoms with Crippen LogP contribution in [0, 0.1) is 0 Å². The number of amides is 1. The summed E-state index contributed by atoms with van der Waals surface area (Å²) in [5.41, 5.74) is 1.79. The normalized spacial score (nSPS) is 12.3. The number of carbonyl (C=O) groups is 1. The second-order valence-electron chi connectivity index (χ2n) is 5.69. The molecule has 0 unspecified atom stereocenters. The average molecular weight is 308 g/mol. The van der Waals surface area contributed by atoms with Crippen molar-refractivity contribution < 1.29 is 9.21 Å². The van der Waals surface area contributed by atoms with E-state index in [4.69, 9.17) is 4.42 Å². The van der Waals surface area contributed by atoms with Gasteiger partial charge < -0.3 is 9.32 Å². The van der Waals surface area contributed by atoms with Gasteiger partial charge in [-0.3, -0.25) is 9.78 Å². The molecule has 0 saturated carbocycles. The molecule has 0 aliphatic carbocycles. The molecule has 4 heteroatoms. The summed E-state index contributed by atoms with van der Waals surface area (Å²) >= 11 is 0. The van der Waals surface area contributed by atoms with Crippen molar-refractivity contribution in [1.82, 2.24) is 9.88 Å². The summed E-state index contributed by atoms with van der Waals surface area (Å²) in [5, 5.41) is 1.06. The van der Waals surface area contributed by atoms with E-state index in [1.54, 1.807) is 11.1 Å². The molecule has 0 aliphatic rings. The van der Waals surface area contributed by atoms with E-state index >= 15 is 0 Å². The van der Waals surface area contributed by atoms with Crippen molar-refractivity contribution in [3.05, 3.63) is 66.2 Å². The van der Waals surface area contributed by atoms with E-state index in [0.29, 0.717) is 12.8 Å². The summed E-state index contributed by atoms with van der Waals surface area (Å²) in [5.74, 6) is 0.892. The number of furan rings is 1. The molecule has 0 spiro atoms. The fourth-order valence-corrected chi connectivity index (χ4v) is 2.57. The lowest BCUT2D eigenvalue weighted by Gasteiger charge is -2.23. The minimum Gasteiger partial charge on any atom is -0.459 e. The third-order valence-corrected chi connectivity index (χ3v) is 4.15. The topological polar surface area (TPSA) is 46.3 Å². The highest BCUT2D eigenvalue weighted by Crippen LogP contribution is 2.27. The molecule has 0 aliphatic heterocycles. The van der Waals surface area contributed by atoms with Crippen LogP contribution in [-0.4, -0.2) is 22.8 Å². The van der Waals surface area contributed by atoms with Crippen molar-refractivity contribution in [2.75, 3.05) is 7.05 Å². The number of aryl methyl sites for hydroxylation is 1. The Kier molecular flexibility index (Phi) is 4.42. The molecule has 0 bridgehead atoms. The highest BCUT2D eigenvalue weighted by Gasteiger charge is 2.20. The molecule has 0 saturated heterocycles. The Morgan fingerprint density at radius 3 is 2.74 bits per heavy atom. The Morgan fingerprint density at radius 1 is 1.22 bits per heavy atom. The number of benzene rings is 1. The van der Waals surface area contributed by atoms with E-state index in [1.807, 2.05) is 62.5 Å². The molecule has 2 heterocycles. The van der Waals surface area contributed by atoms with E-state index in [0.717, 1.165) is 22.4 Å². The molecule has 0 fully saturated rings. The van der Waals surface area contributed by atoms with Gasteiger partial charge in [0, 0.05) is 30.7 Å². The van der Waals surface area contributed by atoms with Crippen LogP contribution in [0.15, 0.2) is 59.1 Å². The molecule has 3 aromatic rings. The zero-order valence-electron chi connectivity index (χ0n) is 13.4. The van der Waals surface area contributed by atoms with Crippen LogP contribution in [-0.2, 0) is 11.2 Å². The molecule has 23 heavy (non-hydrogen) atoms. The van der Waals surface area contributed by atoms with Crippen LogP contribution in [0.2, 0.25) is 0 Å². The number of pyridine rings is 1. The SMILES string of the molecule is C[C@@H](c1cc2ccccc2o1)N(C)C(=O)CCc1ccccn1. The van der Waals surface area contributed by atoms with Crippen molar-refractivity contribution in [3.63, 3.8) is 0 Å². The largest absolute Gasteiger partial charge is 0.459 e. The zero-order chi connectivity index (χ0) is 16.2. The molecule has 2 aromatic heterocycles. The van der Waals surface area contributed by atoms with Crippen molar-refractivity contribution in [2.45, 2.75) is 25.8 Å². The van der Waals surface area contributed by atoms with E-state index in [1.165, 1.54) is 0 Å². The second-order valence-corrected chi connectivity index (χ2v) is 5.69. The lowest BCUT2D eigenvalue weighted by molar-refractivity contribution is -0.132. The van der Waals surface area contributed by atoms with Gasteiger partial charge in [0.05, 0.1) is 6.04 Å². The first-order valence-corrected chi connectivity index (χ1v) is 7.79. The predicted octanol–water partition coefficient (Wildman–Crippen LogP) is 3.98. The third-order valence-electron chi connectivity index (χ3n) is 4.15. The van der Waals surface area contributed by atoms with Crippen LogP contribution >= 0.6 is 0 Å². The standard InChI is InChI=1S/C19H20N2O2/c1-14(18-13-15-7-3-4-9-17(15)23-18)21(2)19(22)11-10-16-8-5-6-12-20-16/h3-9,12-14H,10-11H2,1-2H3/t14-/m0/s1. The maximum Gasteiger partial charge on any atom is 0.223 e. The number of fused-ring (bicyclic) bond motifs is 1. The first-order chi connectivity index (χ1) is 11.1. The maximum atomic E-state index is 12.4. The molecule has 1 aromatic carbocycles. The third kappa shape index (κ3) is 3.42. The van der Waals surface area contributed by atoms with Crippen molar-refractivity contribution in [1.29, 1.82) is 0 Å². The molecule has 118 valence electrons. The number of nitrogens with zero attached hydrogens (tertiary/aromatic N) is 2. The molecule has 1 atom stereocenters. The minimum absolute atomic E-state index is 0.0867. The van der Waals surface area contributed by atoms with Gasteiger partial charge in [0.25, 0.3) is 0 Å². The van der Waals surface area contributed by atoms with E-state index in [9.17, 15) is 4.79 Å². The van der Waals surface area contributed by atoms with Gasteiger partial charge in [0.2, 0.25) is 5.91 Å². The predicted molar refractivity (Wildman–Crippen MR) is 90.0 cm³/mol. The summed E-state index contributed by atoms with van der Waals surface area (Å²) in [6, 6.07) is 15.5. The zero-order valence-corrected chi connectivity index (χ0v) is 13.4. The maximum absolute atomic E-state index is 12.4. The Morgan fingerprint density at radius 2 is 2.00 bits per heavy atom. The molecular formula is C19H20N2O2. The van der Waals surface area contributed by atoms with Gasteiger partial charge in [-0.1, -0.05) is 24.3 Å². The lowest BCUT2D eigenvalue weighted by atomic mass is 10.1. The summed E-state index contributed by atoms with van der Waals surface area (Å²) in [7, 11) is 1.82. The molecule has 0 N–H and O–H groups in total. The Labute approximate surface area is 135 Å². The van der Waals surface area contributed by atoms with Crippen LogP contribution < -0.4 is 0 Å². The smallest absolute Gasteiger partial charge is 0.223 e. The first kappa shape index (κ1) is 15.3. The van der Waals surface area contributed by atoms with Gasteiger partial charge in [-0.2, -0.15) is 0 Å². The fourth-order valence-electron chi connectivity index (χ4n) is 2.57. The quantitative estimate of drug-likeness (QED) is 0.716. The molecule has 1 amide bonds. The Hall–Kier alpha value is -2.62. The minimum atomic E-state index is -0.0985. The fraction of sp³-hybridized carbons (Fsp3) is 0.263. The van der Waals surface area contributed by atoms with Gasteiger partial charge in [0.15, 0.2) is 0 Å². The van der Waals surface area contributed by atoms with E-state index in [2.05, 4.69) is 4.98 Å². The van der Waals surface area contributed by atoms with Crippen molar-refractivity contribution in [3.8, 4) is 0 Å². The second kappa shape index (κ2) is 6.65. The van der Waals surface area contributed by atoms with Gasteiger partial charge in [-0.15, -0.1) is 0 Å². The van der Waals surface area contributed by atoms with E-state index in [-0.39, 0.29) is 11.9 Å². The summed E-state index contributed by atoms with van der Waals surface area (Å²) in [6.07, 6.45) is 2.84. The van der Waals surface area contributed by atoms with Crippen LogP contribution in [0.1, 0.15) is 30.8 Å². The Bertz CT molecular complexity index is 762. The van der Waals surface area contributed by atoms with Gasteiger partial charge in [-0.05, 0) is 37.6 Å². The van der Waals surface area contributed by atoms with Gasteiger partial charge >= 0.3 is 0 Å². The summed E-state index contributed by atoms with van der Waals surface area (Å²) in [4.78, 5) is 18.4. The summed E-state index contributed by atoms with van der Waals surface area (Å²) < 4.78 is 5.86. The first-order valence-electron chi connectivity index (χ1n) is 7.79. The number of hydrogen-bond acceptors (Lipinski definition) is 3. The molecular weight excluding hydrogens is 288 g/mol. The Balaban J connectivity index is 1.66. The highest BCUT2D eigenvalue weighted by atomic mass is 16.3. The number of hydrogen-bond donors (Lipinski definition) is 0. The molecule has 4 nitrogen and oxygen atoms in total. The number of aromatic nitrogens is 1. The molecule has 3 rings (SSSR count). The highest BCUT2D eigenvalue weighted by molar-refractivity contribution is 5.79. The summed E-state index contributed by atoms with van der Waals surface area (Å²) in [6.45, 7) is 1.98. The molecule has 0 radical (unpaired) electrons. The van der Waals surface area contributed by atoms with Crippen LogP contribution in [0.3, 0.4) is 0 Å². The number of rotatable bonds is 5. The van der Waals surface area contributed by atoms with Gasteiger partial charge in [0.1, 0.15) is 11.3 Å². The number of carbonyl (C=O) groups excluding carboxylic acids is 1. The van der Waals surface area contributed by atoms with E-state index < -0.39 is 0 Å². The number of para-hydroxylation sites is 1. The van der Waals surface area contributed by atoms with Crippen molar-refractivity contribution in [2.24, 2.45) is 0 Å². The van der Waals surface area contributed by atoms with Crippen LogP contribution in [0.5, 0.6) is 0 Å². The van der Waals surface area contributed by atoms with Gasteiger partial charge in [-0.25, -0.2) is 0 Å². The lowest BCUT2D eigenvalue weighted by Crippen LogP contribution is -2.29. The average Bonchev–Trinajstić information content (AvgIpc) is 3.03. The van der Waals surface area contributed by atoms with Crippen LogP contribution in [0.4, 0.5) is 0 Å². The van der Waals surface area contributed by atoms with Crippen molar-refractivity contribution >= 4 is 16.9 Å².